The van der Waals surface area contributed by atoms with Crippen LogP contribution in [0.4, 0.5) is 0 Å². The molecule has 1 aromatic heterocycles. The highest BCUT2D eigenvalue weighted by Crippen LogP contribution is 2.39. The molecule has 0 amide bonds. The Morgan fingerprint density at radius 2 is 1.28 bits per heavy atom. The van der Waals surface area contributed by atoms with E-state index < -0.39 is 0 Å². The standard InChI is InChI=1S/C50H43N3/c1-7-17-46-34(3)26-41-22-14-15-25-47(41)50(46)45-31-43(30-44(32-45)40-23-16-24-42(29-40)49-28-35(4)51-37(6)53-49)36(5)52-48(39-20-12-9-13-21-39)27-33(2)38-18-10-8-11-19-38/h7-32H,2H2,1,3-6H3/b17-7-,48-27-,52-36?. The molecule has 3 heteroatoms. The van der Waals surface area contributed by atoms with E-state index in [-0.39, 0.29) is 0 Å². The molecule has 0 saturated heterocycles. The van der Waals surface area contributed by atoms with Crippen molar-refractivity contribution in [3.63, 3.8) is 0 Å². The Morgan fingerprint density at radius 3 is 2.02 bits per heavy atom. The van der Waals surface area contributed by atoms with Gasteiger partial charge >= 0.3 is 0 Å². The van der Waals surface area contributed by atoms with Crippen molar-refractivity contribution in [3.05, 3.63) is 198 Å². The average molecular weight is 686 g/mol. The summed E-state index contributed by atoms with van der Waals surface area (Å²) in [6, 6.07) is 49.2. The number of aromatic nitrogens is 2. The first-order valence-corrected chi connectivity index (χ1v) is 18.1. The first-order valence-electron chi connectivity index (χ1n) is 18.1. The van der Waals surface area contributed by atoms with Crippen LogP contribution in [0.5, 0.6) is 0 Å². The molecule has 0 aliphatic carbocycles. The lowest BCUT2D eigenvalue weighted by molar-refractivity contribution is 1.02. The summed E-state index contributed by atoms with van der Waals surface area (Å²) in [5.41, 5.74) is 15.7. The van der Waals surface area contributed by atoms with E-state index in [9.17, 15) is 0 Å². The van der Waals surface area contributed by atoms with Crippen molar-refractivity contribution < 1.29 is 0 Å². The van der Waals surface area contributed by atoms with Gasteiger partial charge in [0.2, 0.25) is 0 Å². The average Bonchev–Trinajstić information content (AvgIpc) is 3.18. The molecular formula is C50H43N3. The molecule has 6 aromatic carbocycles. The van der Waals surface area contributed by atoms with E-state index in [1.165, 1.54) is 27.5 Å². The molecule has 7 rings (SSSR count). The molecule has 258 valence electrons. The summed E-state index contributed by atoms with van der Waals surface area (Å²) in [6.45, 7) is 14.8. The molecule has 53 heavy (non-hydrogen) atoms. The highest BCUT2D eigenvalue weighted by molar-refractivity contribution is 6.07. The van der Waals surface area contributed by atoms with Gasteiger partial charge in [0.25, 0.3) is 0 Å². The van der Waals surface area contributed by atoms with Crippen LogP contribution in [0.15, 0.2) is 163 Å². The number of hydrogen-bond acceptors (Lipinski definition) is 3. The maximum Gasteiger partial charge on any atom is 0.126 e. The predicted octanol–water partition coefficient (Wildman–Crippen LogP) is 13.2. The monoisotopic (exact) mass is 685 g/mol. The Balaban J connectivity index is 1.46. The molecule has 0 N–H and O–H groups in total. The van der Waals surface area contributed by atoms with Crippen molar-refractivity contribution in [3.8, 4) is 33.5 Å². The van der Waals surface area contributed by atoms with Crippen LogP contribution in [0.2, 0.25) is 0 Å². The van der Waals surface area contributed by atoms with Gasteiger partial charge in [-0.25, -0.2) is 9.97 Å². The van der Waals surface area contributed by atoms with Gasteiger partial charge < -0.3 is 0 Å². The smallest absolute Gasteiger partial charge is 0.126 e. The summed E-state index contributed by atoms with van der Waals surface area (Å²) >= 11 is 0. The third kappa shape index (κ3) is 7.75. The molecule has 0 bridgehead atoms. The summed E-state index contributed by atoms with van der Waals surface area (Å²) in [5.74, 6) is 0.765. The van der Waals surface area contributed by atoms with E-state index >= 15 is 0 Å². The van der Waals surface area contributed by atoms with Gasteiger partial charge in [0, 0.05) is 22.5 Å². The zero-order valence-corrected chi connectivity index (χ0v) is 31.1. The number of fused-ring (bicyclic) bond motifs is 1. The number of allylic oxidation sites excluding steroid dienone is 3. The van der Waals surface area contributed by atoms with Crippen molar-refractivity contribution in [2.75, 3.05) is 0 Å². The zero-order chi connectivity index (χ0) is 36.9. The molecular weight excluding hydrogens is 643 g/mol. The normalized spacial score (nSPS) is 12.1. The van der Waals surface area contributed by atoms with E-state index in [4.69, 9.17) is 9.98 Å². The van der Waals surface area contributed by atoms with Crippen molar-refractivity contribution >= 4 is 33.8 Å². The lowest BCUT2D eigenvalue weighted by atomic mass is 9.87. The lowest BCUT2D eigenvalue weighted by Gasteiger charge is -2.18. The Hall–Kier alpha value is -6.45. The fourth-order valence-electron chi connectivity index (χ4n) is 7.00. The molecule has 0 saturated carbocycles. The second-order valence-corrected chi connectivity index (χ2v) is 13.5. The van der Waals surface area contributed by atoms with Gasteiger partial charge in [-0.2, -0.15) is 0 Å². The summed E-state index contributed by atoms with van der Waals surface area (Å²) in [5, 5.41) is 2.43. The van der Waals surface area contributed by atoms with Crippen LogP contribution in [0, 0.1) is 20.8 Å². The topological polar surface area (TPSA) is 38.1 Å². The summed E-state index contributed by atoms with van der Waals surface area (Å²) < 4.78 is 0. The largest absolute Gasteiger partial charge is 0.252 e. The van der Waals surface area contributed by atoms with Gasteiger partial charge in [-0.05, 0) is 132 Å². The van der Waals surface area contributed by atoms with Gasteiger partial charge in [0.05, 0.1) is 11.4 Å². The molecule has 1 heterocycles. The first-order chi connectivity index (χ1) is 25.8. The molecule has 0 unspecified atom stereocenters. The van der Waals surface area contributed by atoms with E-state index in [1.807, 2.05) is 44.2 Å². The van der Waals surface area contributed by atoms with Crippen LogP contribution in [-0.2, 0) is 0 Å². The summed E-state index contributed by atoms with van der Waals surface area (Å²) in [7, 11) is 0. The maximum absolute atomic E-state index is 5.36. The van der Waals surface area contributed by atoms with Crippen LogP contribution in [0.3, 0.4) is 0 Å². The highest BCUT2D eigenvalue weighted by atomic mass is 14.9. The predicted molar refractivity (Wildman–Crippen MR) is 227 cm³/mol. The van der Waals surface area contributed by atoms with Gasteiger partial charge in [0.15, 0.2) is 0 Å². The molecule has 0 radical (unpaired) electrons. The van der Waals surface area contributed by atoms with E-state index in [0.29, 0.717) is 0 Å². The van der Waals surface area contributed by atoms with Crippen LogP contribution in [0.25, 0.3) is 61.6 Å². The third-order valence-electron chi connectivity index (χ3n) is 9.54. The molecule has 0 aliphatic heterocycles. The van der Waals surface area contributed by atoms with Crippen molar-refractivity contribution in [1.29, 1.82) is 0 Å². The van der Waals surface area contributed by atoms with Gasteiger partial charge in [-0.3, -0.25) is 4.99 Å². The van der Waals surface area contributed by atoms with Gasteiger partial charge in [0.1, 0.15) is 5.82 Å². The lowest BCUT2D eigenvalue weighted by Crippen LogP contribution is -2.00. The number of aryl methyl sites for hydroxylation is 3. The number of benzene rings is 6. The molecule has 0 fully saturated rings. The Kier molecular flexibility index (Phi) is 10.2. The number of rotatable bonds is 9. The molecule has 0 aliphatic rings. The minimum absolute atomic E-state index is 0.765. The first kappa shape index (κ1) is 35.0. The summed E-state index contributed by atoms with van der Waals surface area (Å²) in [4.78, 5) is 14.7. The SMILES string of the molecule is C=C(/C=C(\N=C(C)c1cc(-c2cccc(-c3cc(C)nc(C)n3)c2)cc(-c2c(/C=C\C)c(C)cc3ccccc23)c1)c1ccccc1)c1ccccc1. The third-order valence-corrected chi connectivity index (χ3v) is 9.54. The van der Waals surface area contributed by atoms with Crippen LogP contribution in [0.1, 0.15) is 53.2 Å². The van der Waals surface area contributed by atoms with Crippen LogP contribution < -0.4 is 0 Å². The van der Waals surface area contributed by atoms with Crippen LogP contribution >= 0.6 is 0 Å². The maximum atomic E-state index is 5.36. The van der Waals surface area contributed by atoms with E-state index in [2.05, 4.69) is 160 Å². The highest BCUT2D eigenvalue weighted by Gasteiger charge is 2.16. The van der Waals surface area contributed by atoms with Gasteiger partial charge in [-0.15, -0.1) is 0 Å². The van der Waals surface area contributed by atoms with Crippen molar-refractivity contribution in [2.45, 2.75) is 34.6 Å². The number of nitrogens with zero attached hydrogens (tertiary/aromatic N) is 3. The Bertz CT molecular complexity index is 2530. The number of hydrogen-bond donors (Lipinski definition) is 0. The molecule has 0 atom stereocenters. The molecule has 0 spiro atoms. The van der Waals surface area contributed by atoms with E-state index in [1.54, 1.807) is 0 Å². The van der Waals surface area contributed by atoms with Crippen LogP contribution in [-0.4, -0.2) is 15.7 Å². The summed E-state index contributed by atoms with van der Waals surface area (Å²) in [6.07, 6.45) is 6.45. The second kappa shape index (κ2) is 15.4. The van der Waals surface area contributed by atoms with E-state index in [0.717, 1.165) is 73.1 Å². The quantitative estimate of drug-likeness (QED) is 0.112. The minimum atomic E-state index is 0.765. The van der Waals surface area contributed by atoms with Gasteiger partial charge in [-0.1, -0.05) is 128 Å². The van der Waals surface area contributed by atoms with Crippen molar-refractivity contribution in [2.24, 2.45) is 4.99 Å². The molecule has 3 nitrogen and oxygen atoms in total. The second-order valence-electron chi connectivity index (χ2n) is 13.5. The fraction of sp³-hybridized carbons (Fsp3) is 0.100. The zero-order valence-electron chi connectivity index (χ0n) is 31.1. The fourth-order valence-corrected chi connectivity index (χ4v) is 7.00. The molecule has 7 aromatic rings. The minimum Gasteiger partial charge on any atom is -0.252 e. The number of aliphatic imine (C=N–C) groups is 1. The Labute approximate surface area is 313 Å². The van der Waals surface area contributed by atoms with Crippen molar-refractivity contribution in [1.82, 2.24) is 9.97 Å². The Morgan fingerprint density at radius 1 is 0.623 bits per heavy atom.